The van der Waals surface area contributed by atoms with Gasteiger partial charge in [0, 0.05) is 12.1 Å². The van der Waals surface area contributed by atoms with Crippen LogP contribution in [-0.4, -0.2) is 36.6 Å². The average molecular weight is 224 g/mol. The quantitative estimate of drug-likeness (QED) is 0.772. The summed E-state index contributed by atoms with van der Waals surface area (Å²) < 4.78 is 0. The Kier molecular flexibility index (Phi) is 4.66. The zero-order valence-corrected chi connectivity index (χ0v) is 11.0. The Morgan fingerprint density at radius 1 is 1.12 bits per heavy atom. The maximum atomic E-state index is 3.53. The molecular formula is C14H28N2. The highest BCUT2D eigenvalue weighted by atomic mass is 15.2. The molecule has 0 aromatic heterocycles. The van der Waals surface area contributed by atoms with Crippen LogP contribution in [0.5, 0.6) is 0 Å². The van der Waals surface area contributed by atoms with Gasteiger partial charge in [0.05, 0.1) is 0 Å². The van der Waals surface area contributed by atoms with Crippen LogP contribution in [0.15, 0.2) is 0 Å². The first-order valence-electron chi connectivity index (χ1n) is 7.33. The number of hydrogen-bond acceptors (Lipinski definition) is 2. The SMILES string of the molecule is CCNCC1CCC1N1CCCCC1CC. The van der Waals surface area contributed by atoms with E-state index in [1.54, 1.807) is 0 Å². The smallest absolute Gasteiger partial charge is 0.0139 e. The van der Waals surface area contributed by atoms with Crippen LogP contribution in [0.3, 0.4) is 0 Å². The molecule has 1 saturated carbocycles. The lowest BCUT2D eigenvalue weighted by Crippen LogP contribution is -2.55. The Hall–Kier alpha value is -0.0800. The maximum Gasteiger partial charge on any atom is 0.0139 e. The van der Waals surface area contributed by atoms with Crippen LogP contribution in [0.1, 0.15) is 52.4 Å². The second kappa shape index (κ2) is 6.02. The summed E-state index contributed by atoms with van der Waals surface area (Å²) in [5, 5.41) is 3.53. The number of piperidine rings is 1. The van der Waals surface area contributed by atoms with E-state index in [2.05, 4.69) is 24.1 Å². The minimum absolute atomic E-state index is 0.892. The minimum atomic E-state index is 0.892. The van der Waals surface area contributed by atoms with Gasteiger partial charge in [0.2, 0.25) is 0 Å². The fraction of sp³-hybridized carbons (Fsp3) is 1.00. The van der Waals surface area contributed by atoms with E-state index in [9.17, 15) is 0 Å². The van der Waals surface area contributed by atoms with Gasteiger partial charge in [-0.1, -0.05) is 20.3 Å². The third kappa shape index (κ3) is 2.60. The number of hydrogen-bond donors (Lipinski definition) is 1. The molecule has 2 rings (SSSR count). The summed E-state index contributed by atoms with van der Waals surface area (Å²) in [7, 11) is 0. The Labute approximate surface area is 101 Å². The van der Waals surface area contributed by atoms with E-state index in [1.807, 2.05) is 0 Å². The standard InChI is InChI=1S/C14H28N2/c1-3-13-7-5-6-10-16(13)14-9-8-12(14)11-15-4-2/h12-15H,3-11H2,1-2H3. The first kappa shape index (κ1) is 12.4. The first-order chi connectivity index (χ1) is 7.86. The van der Waals surface area contributed by atoms with Crippen molar-refractivity contribution in [1.29, 1.82) is 0 Å². The Balaban J connectivity index is 1.85. The van der Waals surface area contributed by atoms with E-state index >= 15 is 0 Å². The Bertz CT molecular complexity index is 205. The van der Waals surface area contributed by atoms with E-state index < -0.39 is 0 Å². The minimum Gasteiger partial charge on any atom is -0.317 e. The van der Waals surface area contributed by atoms with Gasteiger partial charge in [0.25, 0.3) is 0 Å². The predicted octanol–water partition coefficient (Wildman–Crippen LogP) is 2.64. The van der Waals surface area contributed by atoms with E-state index in [-0.39, 0.29) is 0 Å². The predicted molar refractivity (Wildman–Crippen MR) is 69.7 cm³/mol. The van der Waals surface area contributed by atoms with Crippen molar-refractivity contribution in [3.05, 3.63) is 0 Å². The highest BCUT2D eigenvalue weighted by Gasteiger charge is 2.38. The summed E-state index contributed by atoms with van der Waals surface area (Å²) in [6, 6.07) is 1.80. The van der Waals surface area contributed by atoms with E-state index in [0.717, 1.165) is 24.5 Å². The number of nitrogens with zero attached hydrogens (tertiary/aromatic N) is 1. The molecule has 0 spiro atoms. The van der Waals surface area contributed by atoms with Crippen molar-refractivity contribution in [3.63, 3.8) is 0 Å². The molecular weight excluding hydrogens is 196 g/mol. The van der Waals surface area contributed by atoms with Gasteiger partial charge in [-0.25, -0.2) is 0 Å². The van der Waals surface area contributed by atoms with Crippen LogP contribution in [0.25, 0.3) is 0 Å². The molecule has 1 N–H and O–H groups in total. The zero-order valence-electron chi connectivity index (χ0n) is 11.0. The van der Waals surface area contributed by atoms with Gasteiger partial charge in [-0.3, -0.25) is 4.90 Å². The second-order valence-electron chi connectivity index (χ2n) is 5.51. The summed E-state index contributed by atoms with van der Waals surface area (Å²) in [5.41, 5.74) is 0. The third-order valence-corrected chi connectivity index (χ3v) is 4.60. The molecule has 3 unspecified atom stereocenters. The van der Waals surface area contributed by atoms with Crippen LogP contribution >= 0.6 is 0 Å². The molecule has 0 aromatic rings. The molecule has 16 heavy (non-hydrogen) atoms. The number of rotatable bonds is 5. The van der Waals surface area contributed by atoms with Crippen molar-refractivity contribution in [3.8, 4) is 0 Å². The van der Waals surface area contributed by atoms with Crippen molar-refractivity contribution in [2.24, 2.45) is 5.92 Å². The first-order valence-corrected chi connectivity index (χ1v) is 7.33. The van der Waals surface area contributed by atoms with E-state index in [1.165, 1.54) is 51.6 Å². The monoisotopic (exact) mass is 224 g/mol. The molecule has 0 amide bonds. The second-order valence-corrected chi connectivity index (χ2v) is 5.51. The van der Waals surface area contributed by atoms with Crippen LogP contribution in [0.4, 0.5) is 0 Å². The molecule has 2 fully saturated rings. The van der Waals surface area contributed by atoms with Gasteiger partial charge in [-0.05, 0) is 57.7 Å². The van der Waals surface area contributed by atoms with Crippen molar-refractivity contribution >= 4 is 0 Å². The fourth-order valence-electron chi connectivity index (χ4n) is 3.45. The highest BCUT2D eigenvalue weighted by molar-refractivity contribution is 4.93. The van der Waals surface area contributed by atoms with Crippen molar-refractivity contribution in [2.45, 2.75) is 64.5 Å². The molecule has 94 valence electrons. The molecule has 0 radical (unpaired) electrons. The Morgan fingerprint density at radius 2 is 2.00 bits per heavy atom. The molecule has 2 nitrogen and oxygen atoms in total. The van der Waals surface area contributed by atoms with Crippen LogP contribution < -0.4 is 5.32 Å². The van der Waals surface area contributed by atoms with Crippen molar-refractivity contribution in [2.75, 3.05) is 19.6 Å². The van der Waals surface area contributed by atoms with E-state index in [0.29, 0.717) is 0 Å². The number of likely N-dealkylation sites (tertiary alicyclic amines) is 1. The molecule has 1 aliphatic heterocycles. The molecule has 1 aliphatic carbocycles. The lowest BCUT2D eigenvalue weighted by molar-refractivity contribution is 0.00636. The van der Waals surface area contributed by atoms with E-state index in [4.69, 9.17) is 0 Å². The van der Waals surface area contributed by atoms with Crippen LogP contribution in [-0.2, 0) is 0 Å². The van der Waals surface area contributed by atoms with Gasteiger partial charge in [-0.2, -0.15) is 0 Å². The third-order valence-electron chi connectivity index (χ3n) is 4.60. The summed E-state index contributed by atoms with van der Waals surface area (Å²) in [5.74, 6) is 0.937. The van der Waals surface area contributed by atoms with Gasteiger partial charge in [0.1, 0.15) is 0 Å². The molecule has 0 aromatic carbocycles. The fourth-order valence-corrected chi connectivity index (χ4v) is 3.45. The molecule has 1 saturated heterocycles. The molecule has 2 aliphatic rings. The number of nitrogens with one attached hydrogen (secondary N) is 1. The molecule has 0 bridgehead atoms. The lowest BCUT2D eigenvalue weighted by atomic mass is 9.76. The van der Waals surface area contributed by atoms with Gasteiger partial charge >= 0.3 is 0 Å². The topological polar surface area (TPSA) is 15.3 Å². The summed E-state index contributed by atoms with van der Waals surface area (Å²) in [4.78, 5) is 2.84. The molecule has 2 heteroatoms. The largest absolute Gasteiger partial charge is 0.317 e. The van der Waals surface area contributed by atoms with Gasteiger partial charge in [-0.15, -0.1) is 0 Å². The van der Waals surface area contributed by atoms with Gasteiger partial charge in [0.15, 0.2) is 0 Å². The van der Waals surface area contributed by atoms with Gasteiger partial charge < -0.3 is 5.32 Å². The van der Waals surface area contributed by atoms with Crippen LogP contribution in [0, 0.1) is 5.92 Å². The van der Waals surface area contributed by atoms with Crippen LogP contribution in [0.2, 0.25) is 0 Å². The summed E-state index contributed by atoms with van der Waals surface area (Å²) >= 11 is 0. The summed E-state index contributed by atoms with van der Waals surface area (Å²) in [6.07, 6.45) is 8.59. The maximum absolute atomic E-state index is 3.53. The Morgan fingerprint density at radius 3 is 2.62 bits per heavy atom. The lowest BCUT2D eigenvalue weighted by Gasteiger charge is -2.49. The molecule has 1 heterocycles. The van der Waals surface area contributed by atoms with Crippen molar-refractivity contribution in [1.82, 2.24) is 10.2 Å². The highest BCUT2D eigenvalue weighted by Crippen LogP contribution is 2.36. The van der Waals surface area contributed by atoms with Crippen molar-refractivity contribution < 1.29 is 0 Å². The summed E-state index contributed by atoms with van der Waals surface area (Å²) in [6.45, 7) is 8.31. The normalized spacial score (nSPS) is 36.0. The average Bonchev–Trinajstić information content (AvgIpc) is 2.29. The molecule has 3 atom stereocenters. The zero-order chi connectivity index (χ0) is 11.4.